The maximum atomic E-state index is 12.8. The summed E-state index contributed by atoms with van der Waals surface area (Å²) in [4.78, 5) is 15.4. The molecule has 0 aromatic carbocycles. The lowest BCUT2D eigenvalue weighted by atomic mass is 9.94. The molecule has 3 fully saturated rings. The highest BCUT2D eigenvalue weighted by Gasteiger charge is 2.44. The van der Waals surface area contributed by atoms with E-state index in [2.05, 4.69) is 33.0 Å². The molecule has 1 N–H and O–H groups in total. The summed E-state index contributed by atoms with van der Waals surface area (Å²) in [5.41, 5.74) is 2.50. The summed E-state index contributed by atoms with van der Waals surface area (Å²) in [5.74, 6) is 0.400. The quantitative estimate of drug-likeness (QED) is 0.830. The molecule has 0 bridgehead atoms. The van der Waals surface area contributed by atoms with Crippen molar-refractivity contribution in [3.05, 3.63) is 17.5 Å². The number of piperidine rings is 1. The normalized spacial score (nSPS) is 26.1. The summed E-state index contributed by atoms with van der Waals surface area (Å²) in [6, 6.07) is 2.73. The van der Waals surface area contributed by atoms with E-state index in [1.54, 1.807) is 0 Å². The molecule has 6 heteroatoms. The molecular weight excluding hydrogens is 340 g/mol. The minimum Gasteiger partial charge on any atom is -0.381 e. The van der Waals surface area contributed by atoms with Gasteiger partial charge in [0.1, 0.15) is 0 Å². The maximum Gasteiger partial charge on any atom is 0.224 e. The van der Waals surface area contributed by atoms with Gasteiger partial charge in [0, 0.05) is 50.0 Å². The van der Waals surface area contributed by atoms with Crippen LogP contribution in [0.4, 0.5) is 0 Å². The van der Waals surface area contributed by atoms with Crippen LogP contribution < -0.4 is 5.32 Å². The Hall–Kier alpha value is -1.40. The third-order valence-corrected chi connectivity index (χ3v) is 6.71. The van der Waals surface area contributed by atoms with E-state index in [0.29, 0.717) is 6.04 Å². The van der Waals surface area contributed by atoms with E-state index in [0.717, 1.165) is 70.8 Å². The molecule has 2 aliphatic heterocycles. The Morgan fingerprint density at radius 3 is 2.74 bits per heavy atom. The third kappa shape index (κ3) is 4.54. The SMILES string of the molecule is Cc1cc(C)n(CC2(CNC(=O)[C@H]3CCCN(C4CCOCC4)C3)CC2)n1. The smallest absolute Gasteiger partial charge is 0.224 e. The van der Waals surface area contributed by atoms with Crippen molar-refractivity contribution < 1.29 is 9.53 Å². The number of nitrogens with one attached hydrogen (secondary N) is 1. The molecule has 27 heavy (non-hydrogen) atoms. The monoisotopic (exact) mass is 374 g/mol. The summed E-state index contributed by atoms with van der Waals surface area (Å²) >= 11 is 0. The number of aryl methyl sites for hydroxylation is 2. The first-order valence-corrected chi connectivity index (χ1v) is 10.7. The average Bonchev–Trinajstić information content (AvgIpc) is 3.38. The van der Waals surface area contributed by atoms with Gasteiger partial charge in [-0.2, -0.15) is 5.10 Å². The van der Waals surface area contributed by atoms with Gasteiger partial charge in [0.15, 0.2) is 0 Å². The van der Waals surface area contributed by atoms with Crippen molar-refractivity contribution in [1.82, 2.24) is 20.0 Å². The van der Waals surface area contributed by atoms with Crippen molar-refractivity contribution in [2.45, 2.75) is 65.0 Å². The van der Waals surface area contributed by atoms with Gasteiger partial charge in [0.25, 0.3) is 0 Å². The standard InChI is InChI=1S/C21H34N4O2/c1-16-12-17(2)25(23-16)15-21(7-8-21)14-22-20(26)18-4-3-9-24(13-18)19-5-10-27-11-6-19/h12,18-19H,3-11,13-15H2,1-2H3,(H,22,26)/t18-/m0/s1. The molecule has 3 heterocycles. The van der Waals surface area contributed by atoms with E-state index < -0.39 is 0 Å². The maximum absolute atomic E-state index is 12.8. The number of ether oxygens (including phenoxy) is 1. The lowest BCUT2D eigenvalue weighted by molar-refractivity contribution is -0.127. The Kier molecular flexibility index (Phi) is 5.55. The summed E-state index contributed by atoms with van der Waals surface area (Å²) in [6.45, 7) is 9.65. The summed E-state index contributed by atoms with van der Waals surface area (Å²) < 4.78 is 7.61. The van der Waals surface area contributed by atoms with Crippen LogP contribution in [0.1, 0.15) is 49.9 Å². The van der Waals surface area contributed by atoms with Crippen LogP contribution in [-0.4, -0.2) is 59.5 Å². The fourth-order valence-electron chi connectivity index (χ4n) is 4.74. The topological polar surface area (TPSA) is 59.4 Å². The van der Waals surface area contributed by atoms with E-state index in [4.69, 9.17) is 4.74 Å². The third-order valence-electron chi connectivity index (χ3n) is 6.71. The molecular formula is C21H34N4O2. The number of amides is 1. The largest absolute Gasteiger partial charge is 0.381 e. The molecule has 1 atom stereocenters. The van der Waals surface area contributed by atoms with Gasteiger partial charge in [-0.25, -0.2) is 0 Å². The second-order valence-electron chi connectivity index (χ2n) is 8.98. The van der Waals surface area contributed by atoms with Crippen LogP contribution in [0.25, 0.3) is 0 Å². The second-order valence-corrected chi connectivity index (χ2v) is 8.98. The molecule has 150 valence electrons. The molecule has 1 aromatic rings. The minimum absolute atomic E-state index is 0.145. The predicted octanol–water partition coefficient (Wildman–Crippen LogP) is 2.29. The minimum atomic E-state index is 0.145. The van der Waals surface area contributed by atoms with E-state index in [-0.39, 0.29) is 17.2 Å². The number of carbonyl (C=O) groups excluding carboxylic acids is 1. The zero-order chi connectivity index (χ0) is 18.9. The predicted molar refractivity (Wildman–Crippen MR) is 105 cm³/mol. The van der Waals surface area contributed by atoms with Crippen LogP contribution in [0, 0.1) is 25.2 Å². The van der Waals surface area contributed by atoms with Crippen LogP contribution in [-0.2, 0) is 16.1 Å². The van der Waals surface area contributed by atoms with Gasteiger partial charge in [-0.15, -0.1) is 0 Å². The molecule has 1 saturated carbocycles. The van der Waals surface area contributed by atoms with Gasteiger partial charge in [-0.05, 0) is 65.0 Å². The highest BCUT2D eigenvalue weighted by Crippen LogP contribution is 2.46. The number of hydrogen-bond acceptors (Lipinski definition) is 4. The molecule has 0 spiro atoms. The van der Waals surface area contributed by atoms with Gasteiger partial charge in [-0.3, -0.25) is 14.4 Å². The summed E-state index contributed by atoms with van der Waals surface area (Å²) in [6.07, 6.45) is 6.75. The Labute approximate surface area is 162 Å². The van der Waals surface area contributed by atoms with Crippen LogP contribution >= 0.6 is 0 Å². The Morgan fingerprint density at radius 2 is 2.07 bits per heavy atom. The summed E-state index contributed by atoms with van der Waals surface area (Å²) in [7, 11) is 0. The van der Waals surface area contributed by atoms with Crippen molar-refractivity contribution in [3.63, 3.8) is 0 Å². The Balaban J connectivity index is 1.28. The molecule has 2 saturated heterocycles. The molecule has 1 aromatic heterocycles. The Morgan fingerprint density at radius 1 is 1.30 bits per heavy atom. The number of carbonyl (C=O) groups is 1. The zero-order valence-electron chi connectivity index (χ0n) is 16.9. The lowest BCUT2D eigenvalue weighted by Gasteiger charge is -2.39. The average molecular weight is 375 g/mol. The van der Waals surface area contributed by atoms with E-state index >= 15 is 0 Å². The van der Waals surface area contributed by atoms with Gasteiger partial charge in [-0.1, -0.05) is 0 Å². The first-order valence-electron chi connectivity index (χ1n) is 10.7. The highest BCUT2D eigenvalue weighted by atomic mass is 16.5. The number of nitrogens with zero attached hydrogens (tertiary/aromatic N) is 3. The second kappa shape index (κ2) is 7.92. The van der Waals surface area contributed by atoms with Crippen molar-refractivity contribution >= 4 is 5.91 Å². The molecule has 0 unspecified atom stereocenters. The zero-order valence-corrected chi connectivity index (χ0v) is 16.9. The van der Waals surface area contributed by atoms with Crippen molar-refractivity contribution in [1.29, 1.82) is 0 Å². The lowest BCUT2D eigenvalue weighted by Crippen LogP contribution is -2.49. The first kappa shape index (κ1) is 18.9. The number of likely N-dealkylation sites (tertiary alicyclic amines) is 1. The highest BCUT2D eigenvalue weighted by molar-refractivity contribution is 5.79. The molecule has 1 amide bonds. The van der Waals surface area contributed by atoms with Gasteiger partial charge in [0.2, 0.25) is 5.91 Å². The van der Waals surface area contributed by atoms with Crippen LogP contribution in [0.3, 0.4) is 0 Å². The Bertz CT molecular complexity index is 661. The fraction of sp³-hybridized carbons (Fsp3) is 0.810. The van der Waals surface area contributed by atoms with Crippen molar-refractivity contribution in [2.75, 3.05) is 32.8 Å². The summed E-state index contributed by atoms with van der Waals surface area (Å²) in [5, 5.41) is 7.89. The first-order chi connectivity index (χ1) is 13.0. The molecule has 1 aliphatic carbocycles. The molecule has 4 rings (SSSR count). The van der Waals surface area contributed by atoms with Crippen molar-refractivity contribution in [2.24, 2.45) is 11.3 Å². The van der Waals surface area contributed by atoms with Crippen LogP contribution in [0.15, 0.2) is 6.07 Å². The molecule has 6 nitrogen and oxygen atoms in total. The number of hydrogen-bond donors (Lipinski definition) is 1. The molecule has 3 aliphatic rings. The van der Waals surface area contributed by atoms with Gasteiger partial charge >= 0.3 is 0 Å². The fourth-order valence-corrected chi connectivity index (χ4v) is 4.74. The molecule has 0 radical (unpaired) electrons. The van der Waals surface area contributed by atoms with E-state index in [9.17, 15) is 4.79 Å². The van der Waals surface area contributed by atoms with Crippen LogP contribution in [0.2, 0.25) is 0 Å². The van der Waals surface area contributed by atoms with Crippen molar-refractivity contribution in [3.8, 4) is 0 Å². The van der Waals surface area contributed by atoms with Gasteiger partial charge in [0.05, 0.1) is 11.6 Å². The number of rotatable bonds is 6. The van der Waals surface area contributed by atoms with Crippen LogP contribution in [0.5, 0.6) is 0 Å². The van der Waals surface area contributed by atoms with E-state index in [1.165, 1.54) is 18.5 Å². The van der Waals surface area contributed by atoms with Gasteiger partial charge < -0.3 is 10.1 Å². The number of aromatic nitrogens is 2. The van der Waals surface area contributed by atoms with E-state index in [1.807, 2.05) is 6.92 Å².